The molecule has 4 aliphatic rings. The van der Waals surface area contributed by atoms with Crippen molar-refractivity contribution >= 4 is 29.9 Å². The largest absolute Gasteiger partial charge is 0.467 e. The molecule has 2 bridgehead atoms. The number of anilines is 1. The maximum atomic E-state index is 13.6. The summed E-state index contributed by atoms with van der Waals surface area (Å²) in [5.41, 5.74) is -1.67. The van der Waals surface area contributed by atoms with Crippen LogP contribution in [0.1, 0.15) is 44.1 Å². The molecule has 0 aromatic heterocycles. The van der Waals surface area contributed by atoms with E-state index < -0.39 is 28.4 Å². The van der Waals surface area contributed by atoms with Crippen LogP contribution in [0.5, 0.6) is 0 Å². The molecule has 164 valence electrons. The molecule has 5 rings (SSSR count). The van der Waals surface area contributed by atoms with E-state index in [-0.39, 0.29) is 18.2 Å². The Hall–Kier alpha value is -2.90. The van der Waals surface area contributed by atoms with Gasteiger partial charge in [-0.3, -0.25) is 14.5 Å². The minimum absolute atomic E-state index is 0.0542. The first-order valence-corrected chi connectivity index (χ1v) is 10.7. The molecule has 8 heteroatoms. The summed E-state index contributed by atoms with van der Waals surface area (Å²) >= 11 is 0. The average Bonchev–Trinajstić information content (AvgIpc) is 3.03. The second kappa shape index (κ2) is 6.55. The number of rotatable bonds is 2. The number of fused-ring (bicyclic) bond motifs is 1. The van der Waals surface area contributed by atoms with Crippen LogP contribution in [0.4, 0.5) is 10.5 Å². The van der Waals surface area contributed by atoms with Gasteiger partial charge in [-0.15, -0.1) is 0 Å². The Labute approximate surface area is 180 Å². The molecule has 1 aromatic carbocycles. The summed E-state index contributed by atoms with van der Waals surface area (Å²) < 4.78 is 10.4. The molecule has 1 aromatic rings. The van der Waals surface area contributed by atoms with Gasteiger partial charge >= 0.3 is 12.1 Å². The molecule has 3 fully saturated rings. The lowest BCUT2D eigenvalue weighted by molar-refractivity contribution is -0.175. The number of ketones is 1. The fraction of sp³-hybridized carbons (Fsp3) is 0.565. The maximum Gasteiger partial charge on any atom is 0.415 e. The van der Waals surface area contributed by atoms with E-state index in [2.05, 4.69) is 0 Å². The molecular formula is C23H26N2O6. The Kier molecular flexibility index (Phi) is 4.23. The molecule has 2 amide bonds. The van der Waals surface area contributed by atoms with Crippen molar-refractivity contribution in [1.82, 2.24) is 4.90 Å². The van der Waals surface area contributed by atoms with Crippen LogP contribution in [0.25, 0.3) is 0 Å². The number of carbonyl (C=O) groups is 4. The van der Waals surface area contributed by atoms with Gasteiger partial charge in [-0.2, -0.15) is 0 Å². The summed E-state index contributed by atoms with van der Waals surface area (Å²) in [5.74, 6) is -0.521. The third-order valence-electron chi connectivity index (χ3n) is 8.24. The molecule has 2 aliphatic carbocycles. The molecule has 2 saturated carbocycles. The number of carbonyl (C=O) groups excluding carboxylic acids is 4. The minimum Gasteiger partial charge on any atom is -0.467 e. The highest BCUT2D eigenvalue weighted by atomic mass is 16.5. The Balaban J connectivity index is 1.89. The molecule has 1 saturated heterocycles. The highest BCUT2D eigenvalue weighted by Gasteiger charge is 2.79. The van der Waals surface area contributed by atoms with Crippen LogP contribution < -0.4 is 4.90 Å². The molecule has 2 aliphatic heterocycles. The van der Waals surface area contributed by atoms with Crippen LogP contribution in [0.3, 0.4) is 0 Å². The maximum absolute atomic E-state index is 13.6. The second-order valence-corrected chi connectivity index (χ2v) is 9.25. The topological polar surface area (TPSA) is 93.2 Å². The first-order valence-electron chi connectivity index (χ1n) is 10.7. The summed E-state index contributed by atoms with van der Waals surface area (Å²) in [6.45, 7) is 0.559. The molecule has 31 heavy (non-hydrogen) atoms. The van der Waals surface area contributed by atoms with E-state index >= 15 is 0 Å². The summed E-state index contributed by atoms with van der Waals surface area (Å²) in [7, 11) is 2.58. The van der Waals surface area contributed by atoms with Crippen LogP contribution in [0, 0.1) is 5.41 Å². The normalized spacial score (nSPS) is 35.5. The third kappa shape index (κ3) is 2.15. The molecular weight excluding hydrogens is 400 g/mol. The first kappa shape index (κ1) is 20.0. The fourth-order valence-corrected chi connectivity index (χ4v) is 7.49. The molecule has 1 spiro atoms. The number of amides is 2. The van der Waals surface area contributed by atoms with Gasteiger partial charge in [0.15, 0.2) is 5.54 Å². The van der Waals surface area contributed by atoms with Crippen molar-refractivity contribution < 1.29 is 28.7 Å². The van der Waals surface area contributed by atoms with E-state index in [0.29, 0.717) is 31.5 Å². The number of para-hydroxylation sites is 1. The lowest BCUT2D eigenvalue weighted by Gasteiger charge is -2.66. The number of likely N-dealkylation sites (tertiary alicyclic amines) is 1. The summed E-state index contributed by atoms with van der Waals surface area (Å²) in [5, 5.41) is 0. The number of esters is 1. The highest BCUT2D eigenvalue weighted by Crippen LogP contribution is 2.69. The number of ether oxygens (including phenoxy) is 2. The first-order chi connectivity index (χ1) is 14.9. The van der Waals surface area contributed by atoms with Crippen LogP contribution in [-0.4, -0.2) is 61.5 Å². The number of methoxy groups -OCH3 is 2. The van der Waals surface area contributed by atoms with Gasteiger partial charge in [0.2, 0.25) is 6.41 Å². The molecule has 0 radical (unpaired) electrons. The van der Waals surface area contributed by atoms with Gasteiger partial charge in [-0.25, -0.2) is 9.59 Å². The fourth-order valence-electron chi connectivity index (χ4n) is 7.49. The number of Topliss-reactive ketones (excluding diaryl/α,β-unsaturated/α-hetero) is 1. The SMILES string of the molecule is COC(=O)N1c2ccccc2[C@]23CC(=O)C[C@@]4(CCCN(C=O)[C@H]42)CC[C@]13C(=O)OC. The number of nitrogens with zero attached hydrogens (tertiary/aromatic N) is 2. The number of piperidine rings is 1. The zero-order valence-electron chi connectivity index (χ0n) is 17.8. The van der Waals surface area contributed by atoms with Gasteiger partial charge in [0.25, 0.3) is 0 Å². The lowest BCUT2D eigenvalue weighted by Crippen LogP contribution is -2.79. The van der Waals surface area contributed by atoms with E-state index in [1.54, 1.807) is 17.0 Å². The van der Waals surface area contributed by atoms with E-state index in [9.17, 15) is 19.2 Å². The van der Waals surface area contributed by atoms with E-state index in [1.807, 2.05) is 12.1 Å². The van der Waals surface area contributed by atoms with Crippen LogP contribution in [-0.2, 0) is 29.3 Å². The van der Waals surface area contributed by atoms with E-state index in [1.165, 1.54) is 19.1 Å². The van der Waals surface area contributed by atoms with Crippen molar-refractivity contribution in [2.24, 2.45) is 5.41 Å². The van der Waals surface area contributed by atoms with Crippen molar-refractivity contribution in [2.75, 3.05) is 25.7 Å². The highest BCUT2D eigenvalue weighted by molar-refractivity contribution is 6.06. The lowest BCUT2D eigenvalue weighted by atomic mass is 9.42. The summed E-state index contributed by atoms with van der Waals surface area (Å²) in [6, 6.07) is 6.91. The third-order valence-corrected chi connectivity index (χ3v) is 8.24. The van der Waals surface area contributed by atoms with Crippen molar-refractivity contribution in [2.45, 2.75) is 55.5 Å². The Morgan fingerprint density at radius 3 is 2.58 bits per heavy atom. The standard InChI is InChI=1S/C23H26N2O6/c1-30-19(28)23-10-9-21-8-5-11-24(14-26)18(21)22(23,13-15(27)12-21)16-6-3-4-7-17(16)25(23)20(29)31-2/h3-4,6-7,14,18H,5,8-13H2,1-2H3/t18-,21-,22-,23-/m1/s1. The van der Waals surface area contributed by atoms with Crippen LogP contribution >= 0.6 is 0 Å². The molecule has 8 nitrogen and oxygen atoms in total. The Bertz CT molecular complexity index is 994. The Morgan fingerprint density at radius 1 is 1.10 bits per heavy atom. The number of benzene rings is 1. The second-order valence-electron chi connectivity index (χ2n) is 9.25. The quantitative estimate of drug-likeness (QED) is 0.532. The number of hydrogen-bond donors (Lipinski definition) is 0. The van der Waals surface area contributed by atoms with Crippen LogP contribution in [0.2, 0.25) is 0 Å². The smallest absolute Gasteiger partial charge is 0.415 e. The van der Waals surface area contributed by atoms with Crippen LogP contribution in [0.15, 0.2) is 24.3 Å². The van der Waals surface area contributed by atoms with E-state index in [4.69, 9.17) is 9.47 Å². The van der Waals surface area contributed by atoms with Crippen molar-refractivity contribution in [3.63, 3.8) is 0 Å². The number of hydrogen-bond acceptors (Lipinski definition) is 6. The predicted octanol–water partition coefficient (Wildman–Crippen LogP) is 2.19. The molecule has 0 unspecified atom stereocenters. The van der Waals surface area contributed by atoms with Gasteiger partial charge < -0.3 is 14.4 Å². The predicted molar refractivity (Wildman–Crippen MR) is 109 cm³/mol. The van der Waals surface area contributed by atoms with Gasteiger partial charge in [-0.05, 0) is 42.7 Å². The van der Waals surface area contributed by atoms with E-state index in [0.717, 1.165) is 24.8 Å². The zero-order chi connectivity index (χ0) is 22.0. The van der Waals surface area contributed by atoms with Crippen molar-refractivity contribution in [1.29, 1.82) is 0 Å². The molecule has 4 atom stereocenters. The summed E-state index contributed by atoms with van der Waals surface area (Å²) in [6.07, 6.45) is 3.15. The zero-order valence-corrected chi connectivity index (χ0v) is 17.8. The molecule has 0 N–H and O–H groups in total. The van der Waals surface area contributed by atoms with Crippen molar-refractivity contribution in [3.8, 4) is 0 Å². The Morgan fingerprint density at radius 2 is 1.87 bits per heavy atom. The van der Waals surface area contributed by atoms with Gasteiger partial charge in [0, 0.05) is 19.4 Å². The summed E-state index contributed by atoms with van der Waals surface area (Å²) in [4.78, 5) is 55.5. The van der Waals surface area contributed by atoms with Crippen molar-refractivity contribution in [3.05, 3.63) is 29.8 Å². The minimum atomic E-state index is -1.46. The monoisotopic (exact) mass is 426 g/mol. The average molecular weight is 426 g/mol. The van der Waals surface area contributed by atoms with Gasteiger partial charge in [0.05, 0.1) is 31.4 Å². The molecule has 2 heterocycles. The van der Waals surface area contributed by atoms with Gasteiger partial charge in [0.1, 0.15) is 5.78 Å². The van der Waals surface area contributed by atoms with Gasteiger partial charge in [-0.1, -0.05) is 18.2 Å².